The summed E-state index contributed by atoms with van der Waals surface area (Å²) in [4.78, 5) is 0. The Morgan fingerprint density at radius 3 is 2.90 bits per heavy atom. The van der Waals surface area contributed by atoms with Crippen LogP contribution in [0.25, 0.3) is 0 Å². The lowest BCUT2D eigenvalue weighted by Gasteiger charge is -2.14. The summed E-state index contributed by atoms with van der Waals surface area (Å²) in [6.07, 6.45) is 9.61. The summed E-state index contributed by atoms with van der Waals surface area (Å²) in [5.41, 5.74) is 0. The van der Waals surface area contributed by atoms with Crippen molar-refractivity contribution in [3.63, 3.8) is 0 Å². The van der Waals surface area contributed by atoms with Crippen LogP contribution in [-0.2, 0) is 0 Å². The highest BCUT2D eigenvalue weighted by atomic mass is 32.2. The minimum atomic E-state index is 0.0972. The summed E-state index contributed by atoms with van der Waals surface area (Å²) in [6, 6.07) is 0.0972. The molecule has 1 aliphatic rings. The summed E-state index contributed by atoms with van der Waals surface area (Å²) < 4.78 is 0. The summed E-state index contributed by atoms with van der Waals surface area (Å²) in [5.74, 6) is 0. The van der Waals surface area contributed by atoms with Crippen molar-refractivity contribution in [3.8, 4) is 0 Å². The van der Waals surface area contributed by atoms with Crippen molar-refractivity contribution in [2.24, 2.45) is 0 Å². The average molecular weight is 154 g/mol. The monoisotopic (exact) mass is 154 g/mol. The molecule has 0 saturated heterocycles. The van der Waals surface area contributed by atoms with Crippen LogP contribution >= 0.6 is 11.8 Å². The topological polar surface area (TPSA) is 35.9 Å². The Kier molecular flexibility index (Phi) is 2.57. The second-order valence-corrected chi connectivity index (χ2v) is 2.80. The zero-order valence-electron chi connectivity index (χ0n) is 5.79. The molecule has 0 bridgehead atoms. The first kappa shape index (κ1) is 7.41. The van der Waals surface area contributed by atoms with Crippen molar-refractivity contribution in [2.45, 2.75) is 6.04 Å². The normalized spacial score (nSPS) is 22.3. The largest absolute Gasteiger partial charge is 0.379 e. The van der Waals surface area contributed by atoms with E-state index in [-0.39, 0.29) is 6.04 Å². The molecule has 1 atom stereocenters. The smallest absolute Gasteiger partial charge is 0.0923 e. The SMILES string of the molecule is CSC(=N)C1C=CC=CN1. The van der Waals surface area contributed by atoms with Crippen molar-refractivity contribution >= 4 is 16.8 Å². The van der Waals surface area contributed by atoms with Gasteiger partial charge in [-0.05, 0) is 18.5 Å². The third kappa shape index (κ3) is 1.64. The van der Waals surface area contributed by atoms with Crippen molar-refractivity contribution in [2.75, 3.05) is 6.26 Å². The fraction of sp³-hybridized carbons (Fsp3) is 0.286. The van der Waals surface area contributed by atoms with Crippen LogP contribution in [0.2, 0.25) is 0 Å². The van der Waals surface area contributed by atoms with E-state index in [0.29, 0.717) is 5.04 Å². The molecule has 1 unspecified atom stereocenters. The van der Waals surface area contributed by atoms with Gasteiger partial charge in [-0.25, -0.2) is 0 Å². The highest BCUT2D eigenvalue weighted by Gasteiger charge is 2.08. The Bertz CT molecular complexity index is 184. The molecule has 0 fully saturated rings. The summed E-state index contributed by atoms with van der Waals surface area (Å²) in [5, 5.41) is 11.2. The van der Waals surface area contributed by atoms with Gasteiger partial charge in [-0.3, -0.25) is 5.41 Å². The van der Waals surface area contributed by atoms with Crippen LogP contribution in [0.3, 0.4) is 0 Å². The fourth-order valence-corrected chi connectivity index (χ4v) is 1.14. The molecule has 3 heteroatoms. The van der Waals surface area contributed by atoms with E-state index < -0.39 is 0 Å². The molecule has 2 N–H and O–H groups in total. The first-order valence-electron chi connectivity index (χ1n) is 3.06. The van der Waals surface area contributed by atoms with Crippen LogP contribution in [0, 0.1) is 5.41 Å². The fourth-order valence-electron chi connectivity index (χ4n) is 0.736. The van der Waals surface area contributed by atoms with E-state index in [1.807, 2.05) is 30.7 Å². The Morgan fingerprint density at radius 2 is 2.40 bits per heavy atom. The van der Waals surface area contributed by atoms with Crippen LogP contribution in [0.5, 0.6) is 0 Å². The molecule has 1 heterocycles. The maximum atomic E-state index is 7.45. The molecule has 1 aliphatic heterocycles. The molecular weight excluding hydrogens is 144 g/mol. The van der Waals surface area contributed by atoms with Gasteiger partial charge in [-0.15, -0.1) is 11.8 Å². The first-order valence-corrected chi connectivity index (χ1v) is 4.29. The Morgan fingerprint density at radius 1 is 1.60 bits per heavy atom. The Labute approximate surface area is 64.9 Å². The maximum Gasteiger partial charge on any atom is 0.0923 e. The maximum absolute atomic E-state index is 7.45. The van der Waals surface area contributed by atoms with Crippen molar-refractivity contribution < 1.29 is 0 Å². The molecule has 0 spiro atoms. The molecule has 1 rings (SSSR count). The van der Waals surface area contributed by atoms with Crippen LogP contribution in [-0.4, -0.2) is 17.3 Å². The van der Waals surface area contributed by atoms with Gasteiger partial charge in [0.1, 0.15) is 0 Å². The number of rotatable bonds is 1. The second kappa shape index (κ2) is 3.46. The number of thioether (sulfide) groups is 1. The van der Waals surface area contributed by atoms with E-state index in [4.69, 9.17) is 5.41 Å². The summed E-state index contributed by atoms with van der Waals surface area (Å²) in [7, 11) is 0. The zero-order valence-corrected chi connectivity index (χ0v) is 6.61. The standard InChI is InChI=1S/C7H10N2S/c1-10-7(8)6-4-2-3-5-9-6/h2-6,8-9H,1H3. The van der Waals surface area contributed by atoms with Gasteiger partial charge in [0.25, 0.3) is 0 Å². The molecule has 0 amide bonds. The third-order valence-corrected chi connectivity index (χ3v) is 1.98. The Balaban J connectivity index is 2.51. The zero-order chi connectivity index (χ0) is 7.40. The van der Waals surface area contributed by atoms with E-state index >= 15 is 0 Å². The van der Waals surface area contributed by atoms with Crippen LogP contribution in [0.4, 0.5) is 0 Å². The second-order valence-electron chi connectivity index (χ2n) is 1.96. The van der Waals surface area contributed by atoms with Crippen LogP contribution in [0.15, 0.2) is 24.4 Å². The number of nitrogens with one attached hydrogen (secondary N) is 2. The highest BCUT2D eigenvalue weighted by molar-refractivity contribution is 8.13. The van der Waals surface area contributed by atoms with Gasteiger partial charge in [0, 0.05) is 0 Å². The summed E-state index contributed by atoms with van der Waals surface area (Å²) in [6.45, 7) is 0. The number of hydrogen-bond donors (Lipinski definition) is 2. The lowest BCUT2D eigenvalue weighted by Crippen LogP contribution is -2.29. The molecule has 10 heavy (non-hydrogen) atoms. The van der Waals surface area contributed by atoms with Gasteiger partial charge in [0.05, 0.1) is 11.1 Å². The van der Waals surface area contributed by atoms with Gasteiger partial charge in [-0.1, -0.05) is 12.2 Å². The average Bonchev–Trinajstić information content (AvgIpc) is 2.05. The molecule has 0 aromatic heterocycles. The molecule has 0 aromatic carbocycles. The third-order valence-electron chi connectivity index (χ3n) is 1.29. The lowest BCUT2D eigenvalue weighted by molar-refractivity contribution is 0.870. The number of allylic oxidation sites excluding steroid dienone is 2. The van der Waals surface area contributed by atoms with Crippen LogP contribution in [0.1, 0.15) is 0 Å². The van der Waals surface area contributed by atoms with Gasteiger partial charge < -0.3 is 5.32 Å². The summed E-state index contributed by atoms with van der Waals surface area (Å²) >= 11 is 1.47. The first-order chi connectivity index (χ1) is 4.84. The lowest BCUT2D eigenvalue weighted by atomic mass is 10.2. The predicted octanol–water partition coefficient (Wildman–Crippen LogP) is 1.37. The van der Waals surface area contributed by atoms with Gasteiger partial charge in [-0.2, -0.15) is 0 Å². The van der Waals surface area contributed by atoms with E-state index in [0.717, 1.165) is 0 Å². The minimum absolute atomic E-state index is 0.0972. The molecule has 0 saturated carbocycles. The predicted molar refractivity (Wildman–Crippen MR) is 46.4 cm³/mol. The minimum Gasteiger partial charge on any atom is -0.379 e. The van der Waals surface area contributed by atoms with Crippen molar-refractivity contribution in [1.29, 1.82) is 5.41 Å². The molecule has 0 aromatic rings. The van der Waals surface area contributed by atoms with Crippen LogP contribution < -0.4 is 5.32 Å². The Hall–Kier alpha value is -0.700. The number of hydrogen-bond acceptors (Lipinski definition) is 3. The van der Waals surface area contributed by atoms with E-state index in [2.05, 4.69) is 5.32 Å². The van der Waals surface area contributed by atoms with Gasteiger partial charge in [0.2, 0.25) is 0 Å². The molecule has 2 nitrogen and oxygen atoms in total. The molecular formula is C7H10N2S. The van der Waals surface area contributed by atoms with Gasteiger partial charge >= 0.3 is 0 Å². The van der Waals surface area contributed by atoms with E-state index in [9.17, 15) is 0 Å². The van der Waals surface area contributed by atoms with Crippen molar-refractivity contribution in [1.82, 2.24) is 5.32 Å². The quantitative estimate of drug-likeness (QED) is 0.442. The van der Waals surface area contributed by atoms with E-state index in [1.54, 1.807) is 0 Å². The highest BCUT2D eigenvalue weighted by Crippen LogP contribution is 2.04. The van der Waals surface area contributed by atoms with E-state index in [1.165, 1.54) is 11.8 Å². The van der Waals surface area contributed by atoms with Gasteiger partial charge in [0.15, 0.2) is 0 Å². The van der Waals surface area contributed by atoms with Crippen molar-refractivity contribution in [3.05, 3.63) is 24.4 Å². The molecule has 54 valence electrons. The molecule has 0 aliphatic carbocycles. The number of dihydropyridines is 1. The molecule has 0 radical (unpaired) electrons.